The maximum absolute atomic E-state index is 12.2. The first-order chi connectivity index (χ1) is 8.34. The first kappa shape index (κ1) is 10.1. The van der Waals surface area contributed by atoms with Gasteiger partial charge in [-0.2, -0.15) is 0 Å². The highest BCUT2D eigenvalue weighted by Crippen LogP contribution is 2.16. The average Bonchev–Trinajstić information content (AvgIpc) is 2.82. The Morgan fingerprint density at radius 3 is 2.88 bits per heavy atom. The number of fused-ring (bicyclic) bond motifs is 1. The maximum Gasteiger partial charge on any atom is 0.270 e. The molecule has 0 radical (unpaired) electrons. The fraction of sp³-hybridized carbons (Fsp3) is 0.214. The minimum atomic E-state index is 0.0885. The summed E-state index contributed by atoms with van der Waals surface area (Å²) >= 11 is 0. The van der Waals surface area contributed by atoms with Gasteiger partial charge in [0.25, 0.3) is 5.91 Å². The van der Waals surface area contributed by atoms with Crippen LogP contribution in [0.2, 0.25) is 0 Å². The van der Waals surface area contributed by atoms with Gasteiger partial charge >= 0.3 is 0 Å². The predicted molar refractivity (Wildman–Crippen MR) is 68.0 cm³/mol. The summed E-state index contributed by atoms with van der Waals surface area (Å²) in [5.41, 5.74) is 1.70. The highest BCUT2D eigenvalue weighted by molar-refractivity contribution is 5.98. The number of para-hydroxylation sites is 1. The topological polar surface area (TPSA) is 36.1 Å². The number of H-pyrrole nitrogens is 1. The SMILES string of the molecule is O=C(c1cc2ccccc2[nH]1)N1CC=CCC1. The number of nitrogens with one attached hydrogen (secondary N) is 1. The smallest absolute Gasteiger partial charge is 0.270 e. The predicted octanol–water partition coefficient (Wildman–Crippen LogP) is 2.57. The second kappa shape index (κ2) is 4.09. The maximum atomic E-state index is 12.2. The lowest BCUT2D eigenvalue weighted by molar-refractivity contribution is 0.0766. The Morgan fingerprint density at radius 1 is 1.24 bits per heavy atom. The van der Waals surface area contributed by atoms with Crippen molar-refractivity contribution in [1.29, 1.82) is 0 Å². The molecule has 1 amide bonds. The molecular weight excluding hydrogens is 212 g/mol. The van der Waals surface area contributed by atoms with Crippen LogP contribution in [0.5, 0.6) is 0 Å². The van der Waals surface area contributed by atoms with Crippen LogP contribution in [0.15, 0.2) is 42.5 Å². The Balaban J connectivity index is 1.92. The number of carbonyl (C=O) groups excluding carboxylic acids is 1. The van der Waals surface area contributed by atoms with E-state index in [9.17, 15) is 4.79 Å². The molecule has 1 aromatic heterocycles. The van der Waals surface area contributed by atoms with Crippen molar-refractivity contribution >= 4 is 16.8 Å². The molecule has 0 spiro atoms. The van der Waals surface area contributed by atoms with E-state index in [4.69, 9.17) is 0 Å². The molecule has 1 aliphatic rings. The molecule has 2 heterocycles. The van der Waals surface area contributed by atoms with Crippen LogP contribution >= 0.6 is 0 Å². The number of aromatic amines is 1. The van der Waals surface area contributed by atoms with Crippen molar-refractivity contribution in [2.24, 2.45) is 0 Å². The average molecular weight is 226 g/mol. The fourth-order valence-corrected chi connectivity index (χ4v) is 2.18. The summed E-state index contributed by atoms with van der Waals surface area (Å²) in [4.78, 5) is 17.3. The lowest BCUT2D eigenvalue weighted by Crippen LogP contribution is -2.33. The second-order valence-electron chi connectivity index (χ2n) is 4.28. The summed E-state index contributed by atoms with van der Waals surface area (Å²) in [7, 11) is 0. The normalized spacial score (nSPS) is 15.4. The number of rotatable bonds is 1. The Kier molecular flexibility index (Phi) is 2.44. The first-order valence-electron chi connectivity index (χ1n) is 5.86. The van der Waals surface area contributed by atoms with E-state index >= 15 is 0 Å². The molecule has 17 heavy (non-hydrogen) atoms. The Morgan fingerprint density at radius 2 is 2.12 bits per heavy atom. The molecular formula is C14H14N2O. The van der Waals surface area contributed by atoms with Crippen molar-refractivity contribution in [1.82, 2.24) is 9.88 Å². The highest BCUT2D eigenvalue weighted by atomic mass is 16.2. The fourth-order valence-electron chi connectivity index (χ4n) is 2.18. The van der Waals surface area contributed by atoms with Gasteiger partial charge in [0.15, 0.2) is 0 Å². The molecule has 1 aliphatic heterocycles. The van der Waals surface area contributed by atoms with Gasteiger partial charge < -0.3 is 9.88 Å². The van der Waals surface area contributed by atoms with E-state index in [2.05, 4.69) is 11.1 Å². The Hall–Kier alpha value is -2.03. The van der Waals surface area contributed by atoms with E-state index in [0.717, 1.165) is 23.9 Å². The lowest BCUT2D eigenvalue weighted by Gasteiger charge is -2.22. The van der Waals surface area contributed by atoms with Crippen molar-refractivity contribution in [2.45, 2.75) is 6.42 Å². The monoisotopic (exact) mass is 226 g/mol. The number of carbonyl (C=O) groups is 1. The minimum Gasteiger partial charge on any atom is -0.351 e. The van der Waals surface area contributed by atoms with E-state index < -0.39 is 0 Å². The summed E-state index contributed by atoms with van der Waals surface area (Å²) < 4.78 is 0. The van der Waals surface area contributed by atoms with Gasteiger partial charge in [-0.05, 0) is 18.6 Å². The van der Waals surface area contributed by atoms with Crippen molar-refractivity contribution in [3.05, 3.63) is 48.2 Å². The molecule has 3 rings (SSSR count). The van der Waals surface area contributed by atoms with Crippen LogP contribution in [0.4, 0.5) is 0 Å². The van der Waals surface area contributed by atoms with Crippen molar-refractivity contribution in [3.63, 3.8) is 0 Å². The third kappa shape index (κ3) is 1.84. The largest absolute Gasteiger partial charge is 0.351 e. The molecule has 2 aromatic rings. The summed E-state index contributed by atoms with van der Waals surface area (Å²) in [5, 5.41) is 1.09. The van der Waals surface area contributed by atoms with Crippen LogP contribution in [0.25, 0.3) is 10.9 Å². The second-order valence-corrected chi connectivity index (χ2v) is 4.28. The Labute approximate surface area is 99.7 Å². The third-order valence-electron chi connectivity index (χ3n) is 3.11. The van der Waals surface area contributed by atoms with Gasteiger partial charge in [-0.15, -0.1) is 0 Å². The third-order valence-corrected chi connectivity index (χ3v) is 3.11. The van der Waals surface area contributed by atoms with E-state index in [1.165, 1.54) is 0 Å². The van der Waals surface area contributed by atoms with Gasteiger partial charge in [-0.3, -0.25) is 4.79 Å². The molecule has 0 aliphatic carbocycles. The number of benzene rings is 1. The summed E-state index contributed by atoms with van der Waals surface area (Å²) in [6, 6.07) is 9.88. The molecule has 86 valence electrons. The zero-order valence-electron chi connectivity index (χ0n) is 9.52. The van der Waals surface area contributed by atoms with Gasteiger partial charge in [0.1, 0.15) is 5.69 Å². The molecule has 1 N–H and O–H groups in total. The standard InChI is InChI=1S/C14H14N2O/c17-14(16-8-4-1-5-9-16)13-10-11-6-2-3-7-12(11)15-13/h1-4,6-7,10,15H,5,8-9H2. The molecule has 0 bridgehead atoms. The molecule has 0 saturated heterocycles. The van der Waals surface area contributed by atoms with Gasteiger partial charge in [0.05, 0.1) is 0 Å². The number of nitrogens with zero attached hydrogens (tertiary/aromatic N) is 1. The molecule has 0 atom stereocenters. The first-order valence-corrected chi connectivity index (χ1v) is 5.86. The van der Waals surface area contributed by atoms with Crippen LogP contribution in [0.1, 0.15) is 16.9 Å². The number of hydrogen-bond donors (Lipinski definition) is 1. The summed E-state index contributed by atoms with van der Waals surface area (Å²) in [6.45, 7) is 1.53. The van der Waals surface area contributed by atoms with E-state index in [0.29, 0.717) is 12.2 Å². The minimum absolute atomic E-state index is 0.0885. The lowest BCUT2D eigenvalue weighted by atomic mass is 10.2. The van der Waals surface area contributed by atoms with Gasteiger partial charge in [0, 0.05) is 24.0 Å². The van der Waals surface area contributed by atoms with Crippen molar-refractivity contribution in [3.8, 4) is 0 Å². The highest BCUT2D eigenvalue weighted by Gasteiger charge is 2.17. The van der Waals surface area contributed by atoms with Crippen LogP contribution in [-0.2, 0) is 0 Å². The van der Waals surface area contributed by atoms with E-state index in [1.807, 2.05) is 41.3 Å². The van der Waals surface area contributed by atoms with E-state index in [-0.39, 0.29) is 5.91 Å². The number of hydrogen-bond acceptors (Lipinski definition) is 1. The van der Waals surface area contributed by atoms with Gasteiger partial charge in [0.2, 0.25) is 0 Å². The van der Waals surface area contributed by atoms with Crippen molar-refractivity contribution < 1.29 is 4.79 Å². The number of amides is 1. The van der Waals surface area contributed by atoms with Crippen LogP contribution in [0.3, 0.4) is 0 Å². The molecule has 0 unspecified atom stereocenters. The van der Waals surface area contributed by atoms with Gasteiger partial charge in [-0.25, -0.2) is 0 Å². The van der Waals surface area contributed by atoms with Gasteiger partial charge in [-0.1, -0.05) is 30.4 Å². The van der Waals surface area contributed by atoms with Crippen LogP contribution < -0.4 is 0 Å². The number of aromatic nitrogens is 1. The molecule has 0 saturated carbocycles. The summed E-state index contributed by atoms with van der Waals surface area (Å²) in [5.74, 6) is 0.0885. The van der Waals surface area contributed by atoms with Crippen LogP contribution in [0, 0.1) is 0 Å². The molecule has 1 aromatic carbocycles. The zero-order chi connectivity index (χ0) is 11.7. The molecule has 3 heteroatoms. The van der Waals surface area contributed by atoms with E-state index in [1.54, 1.807) is 0 Å². The summed E-state index contributed by atoms with van der Waals surface area (Å²) in [6.07, 6.45) is 5.12. The quantitative estimate of drug-likeness (QED) is 0.745. The van der Waals surface area contributed by atoms with Crippen molar-refractivity contribution in [2.75, 3.05) is 13.1 Å². The Bertz CT molecular complexity index is 550. The molecule has 3 nitrogen and oxygen atoms in total. The molecule has 0 fully saturated rings. The zero-order valence-corrected chi connectivity index (χ0v) is 9.52. The van der Waals surface area contributed by atoms with Crippen LogP contribution in [-0.4, -0.2) is 28.9 Å².